The van der Waals surface area contributed by atoms with Crippen molar-refractivity contribution < 1.29 is 14.3 Å². The normalized spacial score (nSPS) is 20.7. The first kappa shape index (κ1) is 22.6. The van der Waals surface area contributed by atoms with Gasteiger partial charge in [-0.3, -0.25) is 4.79 Å². The zero-order valence-electron chi connectivity index (χ0n) is 18.1. The van der Waals surface area contributed by atoms with Crippen molar-refractivity contribution in [3.63, 3.8) is 0 Å². The lowest BCUT2D eigenvalue weighted by Crippen LogP contribution is -2.41. The molecule has 0 atom stereocenters. The van der Waals surface area contributed by atoms with Crippen molar-refractivity contribution in [1.82, 2.24) is 9.80 Å². The fraction of sp³-hybridized carbons (Fsp3) is 0.955. The Labute approximate surface area is 166 Å². The van der Waals surface area contributed by atoms with Gasteiger partial charge >= 0.3 is 0 Å². The topological polar surface area (TPSA) is 42.0 Å². The molecular weight excluding hydrogens is 340 g/mol. The lowest BCUT2D eigenvalue weighted by Gasteiger charge is -2.34. The van der Waals surface area contributed by atoms with Crippen molar-refractivity contribution in [3.05, 3.63) is 0 Å². The third-order valence-corrected chi connectivity index (χ3v) is 6.37. The lowest BCUT2D eigenvalue weighted by atomic mass is 9.87. The summed E-state index contributed by atoms with van der Waals surface area (Å²) in [5, 5.41) is 0. The minimum Gasteiger partial charge on any atom is -0.381 e. The van der Waals surface area contributed by atoms with Gasteiger partial charge in [0, 0.05) is 39.0 Å². The minimum atomic E-state index is 0.148. The van der Waals surface area contributed by atoms with Crippen LogP contribution in [0.1, 0.15) is 59.8 Å². The molecule has 2 saturated heterocycles. The van der Waals surface area contributed by atoms with E-state index in [0.29, 0.717) is 18.6 Å². The molecule has 27 heavy (non-hydrogen) atoms. The Hall–Kier alpha value is -0.650. The molecule has 2 aliphatic heterocycles. The van der Waals surface area contributed by atoms with Crippen LogP contribution in [0.3, 0.4) is 0 Å². The number of piperidine rings is 2. The highest BCUT2D eigenvalue weighted by atomic mass is 16.5. The van der Waals surface area contributed by atoms with Crippen molar-refractivity contribution in [3.8, 4) is 0 Å². The van der Waals surface area contributed by atoms with Crippen molar-refractivity contribution in [2.24, 2.45) is 17.8 Å². The molecule has 0 aromatic rings. The van der Waals surface area contributed by atoms with Crippen LogP contribution in [0, 0.1) is 17.8 Å². The highest BCUT2D eigenvalue weighted by molar-refractivity contribution is 5.77. The van der Waals surface area contributed by atoms with E-state index in [2.05, 4.69) is 32.6 Å². The van der Waals surface area contributed by atoms with E-state index >= 15 is 0 Å². The third kappa shape index (κ3) is 8.08. The van der Waals surface area contributed by atoms with E-state index in [9.17, 15) is 4.79 Å². The molecule has 0 aromatic heterocycles. The average molecular weight is 383 g/mol. The van der Waals surface area contributed by atoms with Crippen LogP contribution in [0.15, 0.2) is 0 Å². The predicted octanol–water partition coefficient (Wildman–Crippen LogP) is 3.42. The first-order chi connectivity index (χ1) is 13.0. The number of ether oxygens (including phenoxy) is 2. The van der Waals surface area contributed by atoms with Crippen LogP contribution < -0.4 is 0 Å². The Bertz CT molecular complexity index is 412. The van der Waals surface area contributed by atoms with Crippen LogP contribution in [0.25, 0.3) is 0 Å². The second-order valence-corrected chi connectivity index (χ2v) is 9.02. The molecule has 2 rings (SSSR count). The predicted molar refractivity (Wildman–Crippen MR) is 110 cm³/mol. The molecule has 5 nitrogen and oxygen atoms in total. The molecule has 0 N–H and O–H groups in total. The molecule has 2 fully saturated rings. The zero-order chi connectivity index (χ0) is 19.6. The number of rotatable bonds is 10. The second-order valence-electron chi connectivity index (χ2n) is 9.02. The van der Waals surface area contributed by atoms with Gasteiger partial charge in [0.25, 0.3) is 0 Å². The molecule has 0 aliphatic carbocycles. The first-order valence-electron chi connectivity index (χ1n) is 11.1. The van der Waals surface area contributed by atoms with Gasteiger partial charge in [0.05, 0.1) is 0 Å². The molecule has 1 amide bonds. The number of nitrogens with zero attached hydrogens (tertiary/aromatic N) is 2. The molecule has 0 radical (unpaired) electrons. The van der Waals surface area contributed by atoms with E-state index in [1.165, 1.54) is 25.9 Å². The summed E-state index contributed by atoms with van der Waals surface area (Å²) in [5.41, 5.74) is 0. The Morgan fingerprint density at radius 1 is 0.926 bits per heavy atom. The summed E-state index contributed by atoms with van der Waals surface area (Å²) in [6.45, 7) is 15.7. The number of hydrogen-bond donors (Lipinski definition) is 0. The van der Waals surface area contributed by atoms with Gasteiger partial charge in [0.1, 0.15) is 6.61 Å². The van der Waals surface area contributed by atoms with Crippen molar-refractivity contribution in [2.45, 2.75) is 65.8 Å². The zero-order valence-corrected chi connectivity index (χ0v) is 18.1. The molecule has 158 valence electrons. The van der Waals surface area contributed by atoms with Crippen molar-refractivity contribution >= 4 is 5.91 Å². The SMILES string of the molecule is CC(C)C1CCN(C(=O)COCCCOCC2CCN(C(C)C)CC2)CC1. The first-order valence-corrected chi connectivity index (χ1v) is 11.1. The molecule has 0 unspecified atom stereocenters. The number of carbonyl (C=O) groups is 1. The largest absolute Gasteiger partial charge is 0.381 e. The van der Waals surface area contributed by atoms with E-state index in [-0.39, 0.29) is 12.5 Å². The Morgan fingerprint density at radius 3 is 2.15 bits per heavy atom. The average Bonchev–Trinajstić information content (AvgIpc) is 2.67. The number of carbonyl (C=O) groups excluding carboxylic acids is 1. The molecule has 2 heterocycles. The molecule has 0 bridgehead atoms. The molecule has 0 spiro atoms. The highest BCUT2D eigenvalue weighted by Crippen LogP contribution is 2.24. The molecule has 0 saturated carbocycles. The van der Waals surface area contributed by atoms with Crippen LogP contribution in [0.2, 0.25) is 0 Å². The molecular formula is C22H42N2O3. The summed E-state index contributed by atoms with van der Waals surface area (Å²) in [6, 6.07) is 0.660. The fourth-order valence-corrected chi connectivity index (χ4v) is 4.22. The van der Waals surface area contributed by atoms with Crippen LogP contribution in [-0.4, -0.2) is 74.4 Å². The van der Waals surface area contributed by atoms with E-state index < -0.39 is 0 Å². The van der Waals surface area contributed by atoms with Gasteiger partial charge in [0.15, 0.2) is 0 Å². The maximum absolute atomic E-state index is 12.2. The van der Waals surface area contributed by atoms with Crippen LogP contribution in [0.4, 0.5) is 0 Å². The van der Waals surface area contributed by atoms with Crippen LogP contribution in [0.5, 0.6) is 0 Å². The maximum Gasteiger partial charge on any atom is 0.248 e. The summed E-state index contributed by atoms with van der Waals surface area (Å²) < 4.78 is 11.4. The summed E-state index contributed by atoms with van der Waals surface area (Å²) in [5.74, 6) is 2.34. The molecule has 0 aromatic carbocycles. The highest BCUT2D eigenvalue weighted by Gasteiger charge is 2.24. The van der Waals surface area contributed by atoms with Gasteiger partial charge < -0.3 is 19.3 Å². The fourth-order valence-electron chi connectivity index (χ4n) is 4.22. The monoisotopic (exact) mass is 382 g/mol. The van der Waals surface area contributed by atoms with Crippen LogP contribution >= 0.6 is 0 Å². The number of amides is 1. The lowest BCUT2D eigenvalue weighted by molar-refractivity contribution is -0.137. The van der Waals surface area contributed by atoms with Gasteiger partial charge in [-0.1, -0.05) is 13.8 Å². The van der Waals surface area contributed by atoms with Gasteiger partial charge in [-0.15, -0.1) is 0 Å². The van der Waals surface area contributed by atoms with E-state index in [1.807, 2.05) is 4.90 Å². The summed E-state index contributed by atoms with van der Waals surface area (Å²) in [6.07, 6.45) is 5.63. The summed E-state index contributed by atoms with van der Waals surface area (Å²) in [7, 11) is 0. The van der Waals surface area contributed by atoms with Crippen molar-refractivity contribution in [1.29, 1.82) is 0 Å². The standard InChI is InChI=1S/C22H42N2O3/c1-18(2)21-8-12-24(13-9-21)22(25)17-27-15-5-14-26-16-20-6-10-23(11-7-20)19(3)4/h18-21H,5-17H2,1-4H3. The maximum atomic E-state index is 12.2. The Morgan fingerprint density at radius 2 is 1.56 bits per heavy atom. The molecule has 2 aliphatic rings. The third-order valence-electron chi connectivity index (χ3n) is 6.37. The van der Waals surface area contributed by atoms with Crippen LogP contribution in [-0.2, 0) is 14.3 Å². The second kappa shape index (κ2) is 12.0. The minimum absolute atomic E-state index is 0.148. The van der Waals surface area contributed by atoms with E-state index in [1.54, 1.807) is 0 Å². The Kier molecular flexibility index (Phi) is 10.1. The van der Waals surface area contributed by atoms with Crippen molar-refractivity contribution in [2.75, 3.05) is 52.6 Å². The quantitative estimate of drug-likeness (QED) is 0.543. The number of likely N-dealkylation sites (tertiary alicyclic amines) is 2. The van der Waals surface area contributed by atoms with E-state index in [4.69, 9.17) is 9.47 Å². The molecule has 5 heteroatoms. The van der Waals surface area contributed by atoms with Gasteiger partial charge in [-0.25, -0.2) is 0 Å². The van der Waals surface area contributed by atoms with Gasteiger partial charge in [0.2, 0.25) is 5.91 Å². The Balaban J connectivity index is 1.43. The van der Waals surface area contributed by atoms with E-state index in [0.717, 1.165) is 57.4 Å². The van der Waals surface area contributed by atoms with Gasteiger partial charge in [-0.2, -0.15) is 0 Å². The smallest absolute Gasteiger partial charge is 0.248 e. The number of hydrogen-bond acceptors (Lipinski definition) is 4. The summed E-state index contributed by atoms with van der Waals surface area (Å²) >= 11 is 0. The van der Waals surface area contributed by atoms with Gasteiger partial charge in [-0.05, 0) is 76.8 Å². The summed E-state index contributed by atoms with van der Waals surface area (Å²) in [4.78, 5) is 16.7.